The molecule has 2 amide bonds. The van der Waals surface area contributed by atoms with E-state index in [2.05, 4.69) is 0 Å². The number of aryl methyl sites for hydroxylation is 2. The summed E-state index contributed by atoms with van der Waals surface area (Å²) >= 11 is 5.86. The molecule has 0 unspecified atom stereocenters. The molecule has 2 aliphatic heterocycles. The van der Waals surface area contributed by atoms with E-state index < -0.39 is 16.1 Å². The molecule has 1 atom stereocenters. The molecule has 0 N–H and O–H groups in total. The minimum absolute atomic E-state index is 0.107. The number of amides is 2. The standard InChI is InChI=1S/C22H24ClN3O4S/c1-15-3-8-19(16(2)13-15)26-21(27)14-20(22(26)28)24-9-11-25(12-10-24)31(29,30)18-6-4-17(23)5-7-18/h3-8,13,20H,9-12,14H2,1-2H3/t20-/m1/s1. The predicted molar refractivity (Wildman–Crippen MR) is 119 cm³/mol. The highest BCUT2D eigenvalue weighted by molar-refractivity contribution is 7.89. The van der Waals surface area contributed by atoms with Crippen molar-refractivity contribution in [3.63, 3.8) is 0 Å². The number of nitrogens with zero attached hydrogens (tertiary/aromatic N) is 3. The zero-order valence-electron chi connectivity index (χ0n) is 17.4. The number of carbonyl (C=O) groups excluding carboxylic acids is 2. The van der Waals surface area contributed by atoms with E-state index in [1.54, 1.807) is 18.2 Å². The number of piperazine rings is 1. The molecule has 0 saturated carbocycles. The highest BCUT2D eigenvalue weighted by atomic mass is 35.5. The third kappa shape index (κ3) is 4.13. The number of rotatable bonds is 4. The highest BCUT2D eigenvalue weighted by Gasteiger charge is 2.44. The number of benzene rings is 2. The van der Waals surface area contributed by atoms with Crippen LogP contribution in [0.2, 0.25) is 5.02 Å². The molecule has 7 nitrogen and oxygen atoms in total. The predicted octanol–water partition coefficient (Wildman–Crippen LogP) is 2.60. The molecule has 0 aromatic heterocycles. The maximum absolute atomic E-state index is 13.1. The molecule has 2 aromatic rings. The van der Waals surface area contributed by atoms with Crippen molar-refractivity contribution < 1.29 is 18.0 Å². The average Bonchev–Trinajstić information content (AvgIpc) is 3.03. The first-order chi connectivity index (χ1) is 14.7. The van der Waals surface area contributed by atoms with E-state index in [4.69, 9.17) is 11.6 Å². The molecule has 2 heterocycles. The van der Waals surface area contributed by atoms with Gasteiger partial charge in [-0.05, 0) is 49.7 Å². The summed E-state index contributed by atoms with van der Waals surface area (Å²) in [5.41, 5.74) is 2.56. The Labute approximate surface area is 187 Å². The number of carbonyl (C=O) groups is 2. The maximum atomic E-state index is 13.1. The Balaban J connectivity index is 1.46. The van der Waals surface area contributed by atoms with Crippen LogP contribution in [-0.2, 0) is 19.6 Å². The zero-order chi connectivity index (χ0) is 22.3. The minimum Gasteiger partial charge on any atom is -0.289 e. The summed E-state index contributed by atoms with van der Waals surface area (Å²) in [5.74, 6) is -0.468. The number of imide groups is 1. The van der Waals surface area contributed by atoms with Crippen LogP contribution >= 0.6 is 11.6 Å². The molecular weight excluding hydrogens is 438 g/mol. The molecule has 9 heteroatoms. The Morgan fingerprint density at radius 3 is 2.19 bits per heavy atom. The molecule has 2 saturated heterocycles. The first-order valence-corrected chi connectivity index (χ1v) is 11.9. The van der Waals surface area contributed by atoms with E-state index in [0.29, 0.717) is 23.8 Å². The number of halogens is 1. The number of sulfonamides is 1. The second kappa shape index (κ2) is 8.35. The number of anilines is 1. The molecule has 31 heavy (non-hydrogen) atoms. The van der Waals surface area contributed by atoms with Gasteiger partial charge >= 0.3 is 0 Å². The Morgan fingerprint density at radius 2 is 1.58 bits per heavy atom. The topological polar surface area (TPSA) is 78.0 Å². The van der Waals surface area contributed by atoms with Gasteiger partial charge in [-0.25, -0.2) is 13.3 Å². The van der Waals surface area contributed by atoms with Gasteiger partial charge in [0.1, 0.15) is 0 Å². The molecule has 164 valence electrons. The summed E-state index contributed by atoms with van der Waals surface area (Å²) in [4.78, 5) is 29.2. The quantitative estimate of drug-likeness (QED) is 0.654. The molecule has 0 spiro atoms. The van der Waals surface area contributed by atoms with Crippen molar-refractivity contribution in [2.24, 2.45) is 0 Å². The first kappa shape index (κ1) is 22.0. The summed E-state index contributed by atoms with van der Waals surface area (Å²) in [6, 6.07) is 11.2. The first-order valence-electron chi connectivity index (χ1n) is 10.1. The van der Waals surface area contributed by atoms with E-state index in [-0.39, 0.29) is 36.2 Å². The van der Waals surface area contributed by atoms with Gasteiger partial charge in [-0.2, -0.15) is 4.31 Å². The van der Waals surface area contributed by atoms with Gasteiger partial charge in [-0.3, -0.25) is 14.5 Å². The van der Waals surface area contributed by atoms with E-state index >= 15 is 0 Å². The fraction of sp³-hybridized carbons (Fsp3) is 0.364. The van der Waals surface area contributed by atoms with Crippen molar-refractivity contribution in [3.05, 3.63) is 58.6 Å². The molecule has 2 fully saturated rings. The highest BCUT2D eigenvalue weighted by Crippen LogP contribution is 2.30. The van der Waals surface area contributed by atoms with E-state index in [1.165, 1.54) is 21.3 Å². The third-order valence-corrected chi connectivity index (χ3v) is 8.05. The zero-order valence-corrected chi connectivity index (χ0v) is 19.0. The van der Waals surface area contributed by atoms with Gasteiger partial charge in [0.15, 0.2) is 0 Å². The van der Waals surface area contributed by atoms with Crippen LogP contribution in [-0.4, -0.2) is 61.7 Å². The van der Waals surface area contributed by atoms with Crippen LogP contribution < -0.4 is 4.90 Å². The largest absolute Gasteiger partial charge is 0.289 e. The van der Waals surface area contributed by atoms with Crippen molar-refractivity contribution in [1.29, 1.82) is 0 Å². The van der Waals surface area contributed by atoms with Crippen molar-refractivity contribution in [1.82, 2.24) is 9.21 Å². The lowest BCUT2D eigenvalue weighted by Crippen LogP contribution is -2.53. The van der Waals surface area contributed by atoms with Gasteiger partial charge in [0, 0.05) is 31.2 Å². The van der Waals surface area contributed by atoms with Gasteiger partial charge in [0.05, 0.1) is 23.0 Å². The summed E-state index contributed by atoms with van der Waals surface area (Å²) < 4.78 is 27.2. The second-order valence-corrected chi connectivity index (χ2v) is 10.3. The molecule has 0 radical (unpaired) electrons. The molecule has 0 aliphatic carbocycles. The van der Waals surface area contributed by atoms with Crippen LogP contribution in [0.15, 0.2) is 47.4 Å². The third-order valence-electron chi connectivity index (χ3n) is 5.88. The smallest absolute Gasteiger partial charge is 0.251 e. The van der Waals surface area contributed by atoms with E-state index in [0.717, 1.165) is 11.1 Å². The van der Waals surface area contributed by atoms with Crippen molar-refractivity contribution in [3.8, 4) is 0 Å². The molecule has 4 rings (SSSR count). The van der Waals surface area contributed by atoms with Gasteiger partial charge in [0.25, 0.3) is 5.91 Å². The fourth-order valence-electron chi connectivity index (χ4n) is 4.22. The fourth-order valence-corrected chi connectivity index (χ4v) is 5.77. The van der Waals surface area contributed by atoms with Crippen LogP contribution in [0.1, 0.15) is 17.5 Å². The Hall–Kier alpha value is -2.26. The number of hydrogen-bond acceptors (Lipinski definition) is 5. The van der Waals surface area contributed by atoms with Crippen LogP contribution in [0.3, 0.4) is 0 Å². The van der Waals surface area contributed by atoms with Crippen molar-refractivity contribution in [2.75, 3.05) is 31.1 Å². The molecule has 0 bridgehead atoms. The normalized spacial score (nSPS) is 21.1. The van der Waals surface area contributed by atoms with Crippen LogP contribution in [0, 0.1) is 13.8 Å². The monoisotopic (exact) mass is 461 g/mol. The van der Waals surface area contributed by atoms with Crippen LogP contribution in [0.5, 0.6) is 0 Å². The lowest BCUT2D eigenvalue weighted by Gasteiger charge is -2.36. The summed E-state index contributed by atoms with van der Waals surface area (Å²) in [6.07, 6.45) is 0.107. The Bertz CT molecular complexity index is 1130. The van der Waals surface area contributed by atoms with Gasteiger partial charge in [0.2, 0.25) is 15.9 Å². The molecule has 2 aromatic carbocycles. The van der Waals surface area contributed by atoms with Gasteiger partial charge < -0.3 is 0 Å². The SMILES string of the molecule is Cc1ccc(N2C(=O)C[C@@H](N3CCN(S(=O)(=O)c4ccc(Cl)cc4)CC3)C2=O)c(C)c1. The van der Waals surface area contributed by atoms with Crippen molar-refractivity contribution in [2.45, 2.75) is 31.2 Å². The van der Waals surface area contributed by atoms with Crippen LogP contribution in [0.25, 0.3) is 0 Å². The lowest BCUT2D eigenvalue weighted by atomic mass is 10.1. The molecule has 2 aliphatic rings. The Morgan fingerprint density at radius 1 is 0.935 bits per heavy atom. The maximum Gasteiger partial charge on any atom is 0.251 e. The Kier molecular flexibility index (Phi) is 5.91. The lowest BCUT2D eigenvalue weighted by molar-refractivity contribution is -0.123. The number of hydrogen-bond donors (Lipinski definition) is 0. The minimum atomic E-state index is -3.63. The van der Waals surface area contributed by atoms with E-state index in [1.807, 2.05) is 30.9 Å². The van der Waals surface area contributed by atoms with Crippen LogP contribution in [0.4, 0.5) is 5.69 Å². The van der Waals surface area contributed by atoms with Crippen molar-refractivity contribution >= 4 is 39.1 Å². The average molecular weight is 462 g/mol. The van der Waals surface area contributed by atoms with Gasteiger partial charge in [-0.15, -0.1) is 0 Å². The summed E-state index contributed by atoms with van der Waals surface area (Å²) in [5, 5.41) is 0.474. The summed E-state index contributed by atoms with van der Waals surface area (Å²) in [6.45, 7) is 5.13. The molecular formula is C22H24ClN3O4S. The van der Waals surface area contributed by atoms with E-state index in [9.17, 15) is 18.0 Å². The summed E-state index contributed by atoms with van der Waals surface area (Å²) in [7, 11) is -3.63. The van der Waals surface area contributed by atoms with Gasteiger partial charge in [-0.1, -0.05) is 29.3 Å². The second-order valence-electron chi connectivity index (χ2n) is 7.97.